The Balaban J connectivity index is 0.00000300. The first-order valence-corrected chi connectivity index (χ1v) is 12.6. The summed E-state index contributed by atoms with van der Waals surface area (Å²) in [6.07, 6.45) is 3.74. The second kappa shape index (κ2) is 12.1. The van der Waals surface area contributed by atoms with Crippen molar-refractivity contribution < 1.29 is 12.4 Å². The van der Waals surface area contributed by atoms with Crippen LogP contribution in [-0.4, -0.2) is 30.7 Å². The zero-order chi connectivity index (χ0) is 19.7. The Morgan fingerprint density at radius 1 is 0.586 bits per heavy atom. The van der Waals surface area contributed by atoms with Crippen molar-refractivity contribution in [2.75, 3.05) is 25.8 Å². The van der Waals surface area contributed by atoms with Crippen LogP contribution in [-0.2, 0) is 0 Å². The first kappa shape index (κ1) is 23.6. The summed E-state index contributed by atoms with van der Waals surface area (Å²) in [4.78, 5) is 2.54. The SMILES string of the molecule is CCN(CC)CCCC[P+](c1ccccc1)(c1ccccc1)c1ccccc1.[Cl-]. The summed E-state index contributed by atoms with van der Waals surface area (Å²) in [6.45, 7) is 8.02. The molecular formula is C26H33ClNP. The van der Waals surface area contributed by atoms with Gasteiger partial charge in [-0.25, -0.2) is 0 Å². The molecule has 0 N–H and O–H groups in total. The lowest BCUT2D eigenvalue weighted by molar-refractivity contribution is -0.00000569. The van der Waals surface area contributed by atoms with Crippen LogP contribution in [0.15, 0.2) is 91.0 Å². The average molecular weight is 426 g/mol. The molecule has 0 bridgehead atoms. The number of nitrogens with zero attached hydrogens (tertiary/aromatic N) is 1. The number of rotatable bonds is 10. The molecule has 29 heavy (non-hydrogen) atoms. The number of benzene rings is 3. The van der Waals surface area contributed by atoms with Gasteiger partial charge in [-0.15, -0.1) is 0 Å². The van der Waals surface area contributed by atoms with Gasteiger partial charge in [0.1, 0.15) is 23.2 Å². The van der Waals surface area contributed by atoms with E-state index in [4.69, 9.17) is 0 Å². The molecular weight excluding hydrogens is 393 g/mol. The third kappa shape index (κ3) is 5.70. The van der Waals surface area contributed by atoms with Crippen LogP contribution in [0.3, 0.4) is 0 Å². The highest BCUT2D eigenvalue weighted by Crippen LogP contribution is 2.55. The van der Waals surface area contributed by atoms with Crippen LogP contribution in [0.25, 0.3) is 0 Å². The van der Waals surface area contributed by atoms with Gasteiger partial charge in [0.15, 0.2) is 0 Å². The van der Waals surface area contributed by atoms with E-state index in [-0.39, 0.29) is 12.4 Å². The van der Waals surface area contributed by atoms with Crippen molar-refractivity contribution in [3.63, 3.8) is 0 Å². The van der Waals surface area contributed by atoms with E-state index in [1.807, 2.05) is 0 Å². The summed E-state index contributed by atoms with van der Waals surface area (Å²) in [5.74, 6) is 0. The van der Waals surface area contributed by atoms with E-state index in [0.29, 0.717) is 0 Å². The largest absolute Gasteiger partial charge is 1.00 e. The molecule has 0 atom stereocenters. The molecule has 1 nitrogen and oxygen atoms in total. The van der Waals surface area contributed by atoms with Crippen LogP contribution < -0.4 is 28.3 Å². The standard InChI is InChI=1S/C26H33NP.ClH/c1-3-27(4-2)22-14-15-23-28(24-16-8-5-9-17-24,25-18-10-6-11-19-25)26-20-12-7-13-21-26;/h5-13,16-21H,3-4,14-15,22-23H2,1-2H3;1H/q+1;/p-1. The number of halogens is 1. The molecule has 3 rings (SSSR count). The zero-order valence-corrected chi connectivity index (χ0v) is 19.3. The minimum absolute atomic E-state index is 0. The smallest absolute Gasteiger partial charge is 0.112 e. The maximum Gasteiger partial charge on any atom is 0.112 e. The van der Waals surface area contributed by atoms with Crippen molar-refractivity contribution in [1.82, 2.24) is 4.90 Å². The molecule has 0 amide bonds. The molecule has 0 unspecified atom stereocenters. The summed E-state index contributed by atoms with van der Waals surface area (Å²) in [6, 6.07) is 33.7. The Morgan fingerprint density at radius 3 is 1.31 bits per heavy atom. The third-order valence-corrected chi connectivity index (χ3v) is 10.2. The highest BCUT2D eigenvalue weighted by atomic mass is 35.5. The van der Waals surface area contributed by atoms with E-state index >= 15 is 0 Å². The van der Waals surface area contributed by atoms with Gasteiger partial charge < -0.3 is 17.3 Å². The minimum Gasteiger partial charge on any atom is -1.00 e. The zero-order valence-electron chi connectivity index (χ0n) is 17.7. The van der Waals surface area contributed by atoms with Crippen molar-refractivity contribution in [3.8, 4) is 0 Å². The van der Waals surface area contributed by atoms with Gasteiger partial charge in [-0.05, 0) is 68.9 Å². The molecule has 0 heterocycles. The summed E-state index contributed by atoms with van der Waals surface area (Å²) < 4.78 is 0. The Morgan fingerprint density at radius 2 is 0.966 bits per heavy atom. The van der Waals surface area contributed by atoms with Crippen LogP contribution in [0, 0.1) is 0 Å². The molecule has 0 fully saturated rings. The topological polar surface area (TPSA) is 3.24 Å². The molecule has 0 aliphatic carbocycles. The fraction of sp³-hybridized carbons (Fsp3) is 0.308. The second-order valence-corrected chi connectivity index (χ2v) is 10.9. The summed E-state index contributed by atoms with van der Waals surface area (Å²) in [5.41, 5.74) is 0. The summed E-state index contributed by atoms with van der Waals surface area (Å²) in [7, 11) is -1.65. The number of unbranched alkanes of at least 4 members (excludes halogenated alkanes) is 1. The van der Waals surface area contributed by atoms with E-state index in [9.17, 15) is 0 Å². The highest BCUT2D eigenvalue weighted by molar-refractivity contribution is 7.95. The lowest BCUT2D eigenvalue weighted by Gasteiger charge is -2.28. The predicted octanol–water partition coefficient (Wildman–Crippen LogP) is 2.11. The second-order valence-electron chi connectivity index (χ2n) is 7.27. The maximum atomic E-state index is 2.54. The van der Waals surface area contributed by atoms with Gasteiger partial charge in [-0.2, -0.15) is 0 Å². The Kier molecular flexibility index (Phi) is 9.88. The van der Waals surface area contributed by atoms with Crippen molar-refractivity contribution in [2.24, 2.45) is 0 Å². The molecule has 0 saturated heterocycles. The summed E-state index contributed by atoms with van der Waals surface area (Å²) >= 11 is 0. The highest BCUT2D eigenvalue weighted by Gasteiger charge is 2.44. The monoisotopic (exact) mass is 425 g/mol. The molecule has 3 aromatic rings. The fourth-order valence-corrected chi connectivity index (χ4v) is 8.52. The number of hydrogen-bond acceptors (Lipinski definition) is 1. The summed E-state index contributed by atoms with van der Waals surface area (Å²) in [5, 5.41) is 4.49. The van der Waals surface area contributed by atoms with Gasteiger partial charge >= 0.3 is 0 Å². The predicted molar refractivity (Wildman–Crippen MR) is 127 cm³/mol. The van der Waals surface area contributed by atoms with Gasteiger partial charge in [-0.1, -0.05) is 68.4 Å². The van der Waals surface area contributed by atoms with Crippen LogP contribution in [0.5, 0.6) is 0 Å². The van der Waals surface area contributed by atoms with Gasteiger partial charge in [0, 0.05) is 0 Å². The molecule has 0 aromatic heterocycles. The van der Waals surface area contributed by atoms with Gasteiger partial charge in [-0.3, -0.25) is 0 Å². The Labute approximate surface area is 183 Å². The molecule has 3 heteroatoms. The molecule has 0 saturated carbocycles. The van der Waals surface area contributed by atoms with Crippen molar-refractivity contribution >= 4 is 23.2 Å². The van der Waals surface area contributed by atoms with E-state index in [2.05, 4.69) is 110 Å². The average Bonchev–Trinajstić information content (AvgIpc) is 2.78. The van der Waals surface area contributed by atoms with Crippen LogP contribution in [0.1, 0.15) is 26.7 Å². The van der Waals surface area contributed by atoms with E-state index < -0.39 is 7.26 Å². The first-order chi connectivity index (χ1) is 13.8. The van der Waals surface area contributed by atoms with Crippen molar-refractivity contribution in [2.45, 2.75) is 26.7 Å². The van der Waals surface area contributed by atoms with E-state index in [1.54, 1.807) is 0 Å². The van der Waals surface area contributed by atoms with Gasteiger partial charge in [0.05, 0.1) is 6.16 Å². The molecule has 0 spiro atoms. The van der Waals surface area contributed by atoms with Gasteiger partial charge in [0.2, 0.25) is 0 Å². The van der Waals surface area contributed by atoms with Crippen molar-refractivity contribution in [1.29, 1.82) is 0 Å². The van der Waals surface area contributed by atoms with Crippen LogP contribution in [0.2, 0.25) is 0 Å². The number of hydrogen-bond donors (Lipinski definition) is 0. The molecule has 3 aromatic carbocycles. The lowest BCUT2D eigenvalue weighted by Crippen LogP contribution is -3.00. The third-order valence-electron chi connectivity index (χ3n) is 5.70. The maximum absolute atomic E-state index is 2.54. The fourth-order valence-electron chi connectivity index (χ4n) is 4.11. The lowest BCUT2D eigenvalue weighted by atomic mass is 10.3. The quantitative estimate of drug-likeness (QED) is 0.355. The molecule has 0 aliphatic heterocycles. The Bertz CT molecular complexity index is 707. The van der Waals surface area contributed by atoms with E-state index in [1.165, 1.54) is 41.5 Å². The minimum atomic E-state index is -1.65. The first-order valence-electron chi connectivity index (χ1n) is 10.6. The molecule has 154 valence electrons. The normalized spacial score (nSPS) is 11.3. The molecule has 0 aliphatic rings. The Hall–Kier alpha value is -1.66. The molecule has 0 radical (unpaired) electrons. The van der Waals surface area contributed by atoms with Gasteiger partial charge in [0.25, 0.3) is 0 Å². The van der Waals surface area contributed by atoms with Crippen molar-refractivity contribution in [3.05, 3.63) is 91.0 Å². The van der Waals surface area contributed by atoms with Crippen LogP contribution >= 0.6 is 7.26 Å². The van der Waals surface area contributed by atoms with Crippen LogP contribution in [0.4, 0.5) is 0 Å². The van der Waals surface area contributed by atoms with E-state index in [0.717, 1.165) is 13.1 Å².